The number of thiocarbonyl (C=S) groups is 1. The lowest BCUT2D eigenvalue weighted by Gasteiger charge is -2.29. The van der Waals surface area contributed by atoms with Crippen LogP contribution in [0.1, 0.15) is 11.1 Å². The Kier molecular flexibility index (Phi) is 7.95. The van der Waals surface area contributed by atoms with Gasteiger partial charge in [-0.1, -0.05) is 47.5 Å². The summed E-state index contributed by atoms with van der Waals surface area (Å²) < 4.78 is 12.2. The van der Waals surface area contributed by atoms with Crippen molar-refractivity contribution in [2.75, 3.05) is 12.0 Å². The fourth-order valence-corrected chi connectivity index (χ4v) is 4.84. The van der Waals surface area contributed by atoms with Gasteiger partial charge in [0.05, 0.1) is 16.4 Å². The number of methoxy groups -OCH3 is 1. The van der Waals surface area contributed by atoms with Crippen LogP contribution in [0.15, 0.2) is 66.2 Å². The van der Waals surface area contributed by atoms with Gasteiger partial charge in [-0.3, -0.25) is 19.8 Å². The van der Waals surface area contributed by atoms with Gasteiger partial charge in [-0.05, 0) is 82.8 Å². The van der Waals surface area contributed by atoms with E-state index in [0.717, 1.165) is 9.13 Å². The Balaban J connectivity index is 1.65. The summed E-state index contributed by atoms with van der Waals surface area (Å²) in [6, 6.07) is 17.5. The van der Waals surface area contributed by atoms with Crippen LogP contribution in [-0.2, 0) is 16.2 Å². The topological polar surface area (TPSA) is 67.9 Å². The predicted molar refractivity (Wildman–Crippen MR) is 149 cm³/mol. The minimum atomic E-state index is -0.591. The summed E-state index contributed by atoms with van der Waals surface area (Å²) in [4.78, 5) is 27.1. The van der Waals surface area contributed by atoms with Crippen molar-refractivity contribution in [3.05, 3.63) is 91.0 Å². The summed E-state index contributed by atoms with van der Waals surface area (Å²) in [6.07, 6.45) is 1.49. The molecule has 1 N–H and O–H groups in total. The second-order valence-corrected chi connectivity index (χ2v) is 9.74. The Labute approximate surface area is 230 Å². The molecule has 0 aromatic heterocycles. The SMILES string of the molecule is COc1cc(/C=C2\C(=O)NC(=S)N(c3cccc(Cl)c3)C2=O)cc(I)c1OCc1ccccc1Cl. The molecule has 1 aliphatic heterocycles. The molecule has 4 rings (SSSR count). The second-order valence-electron chi connectivity index (χ2n) is 7.35. The van der Waals surface area contributed by atoms with E-state index in [4.69, 9.17) is 44.9 Å². The average Bonchev–Trinajstić information content (AvgIpc) is 2.81. The molecule has 0 atom stereocenters. The number of nitrogens with one attached hydrogen (secondary N) is 1. The molecular formula is C25H17Cl2IN2O4S. The number of rotatable bonds is 6. The van der Waals surface area contributed by atoms with Crippen LogP contribution in [0.3, 0.4) is 0 Å². The third kappa shape index (κ3) is 5.61. The maximum atomic E-state index is 13.3. The van der Waals surface area contributed by atoms with E-state index in [1.807, 2.05) is 18.2 Å². The van der Waals surface area contributed by atoms with Gasteiger partial charge in [-0.2, -0.15) is 0 Å². The van der Waals surface area contributed by atoms with Gasteiger partial charge >= 0.3 is 0 Å². The second kappa shape index (κ2) is 10.9. The van der Waals surface area contributed by atoms with Gasteiger partial charge in [-0.25, -0.2) is 0 Å². The van der Waals surface area contributed by atoms with Crippen molar-refractivity contribution in [3.8, 4) is 11.5 Å². The molecule has 35 heavy (non-hydrogen) atoms. The van der Waals surface area contributed by atoms with Gasteiger partial charge in [0.15, 0.2) is 16.6 Å². The fourth-order valence-electron chi connectivity index (χ4n) is 3.40. The maximum absolute atomic E-state index is 13.3. The van der Waals surface area contributed by atoms with E-state index in [1.54, 1.807) is 42.5 Å². The first-order chi connectivity index (χ1) is 16.8. The smallest absolute Gasteiger partial charge is 0.270 e. The molecule has 1 fully saturated rings. The van der Waals surface area contributed by atoms with Crippen molar-refractivity contribution >= 4 is 86.7 Å². The minimum Gasteiger partial charge on any atom is -0.493 e. The lowest BCUT2D eigenvalue weighted by Crippen LogP contribution is -2.54. The molecule has 1 aliphatic rings. The summed E-state index contributed by atoms with van der Waals surface area (Å²) in [6.45, 7) is 0.249. The van der Waals surface area contributed by atoms with E-state index < -0.39 is 11.8 Å². The number of ether oxygens (including phenoxy) is 2. The van der Waals surface area contributed by atoms with Crippen LogP contribution >= 0.6 is 58.0 Å². The molecule has 0 radical (unpaired) electrons. The quantitative estimate of drug-likeness (QED) is 0.155. The Morgan fingerprint density at radius 2 is 1.86 bits per heavy atom. The van der Waals surface area contributed by atoms with Crippen molar-refractivity contribution in [1.29, 1.82) is 0 Å². The Morgan fingerprint density at radius 1 is 1.09 bits per heavy atom. The molecular weight excluding hydrogens is 622 g/mol. The summed E-state index contributed by atoms with van der Waals surface area (Å²) in [5, 5.41) is 3.58. The molecule has 178 valence electrons. The van der Waals surface area contributed by atoms with Crippen LogP contribution in [0.4, 0.5) is 5.69 Å². The first-order valence-electron chi connectivity index (χ1n) is 10.2. The van der Waals surface area contributed by atoms with Crippen molar-refractivity contribution in [3.63, 3.8) is 0 Å². The van der Waals surface area contributed by atoms with E-state index >= 15 is 0 Å². The summed E-state index contributed by atoms with van der Waals surface area (Å²) in [5.74, 6) is -0.182. The zero-order chi connectivity index (χ0) is 25.1. The monoisotopic (exact) mass is 638 g/mol. The number of hydrogen-bond acceptors (Lipinski definition) is 5. The van der Waals surface area contributed by atoms with E-state index in [-0.39, 0.29) is 17.3 Å². The lowest BCUT2D eigenvalue weighted by atomic mass is 10.1. The molecule has 0 spiro atoms. The van der Waals surface area contributed by atoms with Gasteiger partial charge in [0.25, 0.3) is 11.8 Å². The highest BCUT2D eigenvalue weighted by atomic mass is 127. The number of nitrogens with zero attached hydrogens (tertiary/aromatic N) is 1. The van der Waals surface area contributed by atoms with Crippen LogP contribution in [0.25, 0.3) is 6.08 Å². The molecule has 0 bridgehead atoms. The number of amides is 2. The number of carbonyl (C=O) groups excluding carboxylic acids is 2. The third-order valence-corrected chi connectivity index (χ3v) is 6.75. The van der Waals surface area contributed by atoms with Gasteiger partial charge in [0, 0.05) is 15.6 Å². The van der Waals surface area contributed by atoms with Crippen molar-refractivity contribution in [2.24, 2.45) is 0 Å². The standard InChI is InChI=1S/C25H17Cl2IN2O4S/c1-33-21-11-14(10-20(28)22(21)34-13-15-5-2-3-8-19(15)27)9-18-23(31)29-25(35)30(24(18)32)17-7-4-6-16(26)12-17/h2-12H,13H2,1H3,(H,29,31,35)/b18-9+. The molecule has 0 aliphatic carbocycles. The van der Waals surface area contributed by atoms with E-state index in [2.05, 4.69) is 27.9 Å². The zero-order valence-corrected chi connectivity index (χ0v) is 22.7. The summed E-state index contributed by atoms with van der Waals surface area (Å²) in [7, 11) is 1.52. The fraction of sp³-hybridized carbons (Fsp3) is 0.0800. The van der Waals surface area contributed by atoms with Gasteiger partial charge in [-0.15, -0.1) is 0 Å². The number of hydrogen-bond donors (Lipinski definition) is 1. The molecule has 2 amide bonds. The molecule has 3 aromatic carbocycles. The lowest BCUT2D eigenvalue weighted by molar-refractivity contribution is -0.122. The van der Waals surface area contributed by atoms with Crippen LogP contribution in [0.5, 0.6) is 11.5 Å². The summed E-state index contributed by atoms with van der Waals surface area (Å²) in [5.41, 5.74) is 1.78. The average molecular weight is 639 g/mol. The van der Waals surface area contributed by atoms with Crippen LogP contribution < -0.4 is 19.7 Å². The molecule has 0 unspecified atom stereocenters. The van der Waals surface area contributed by atoms with Crippen LogP contribution in [-0.4, -0.2) is 24.0 Å². The van der Waals surface area contributed by atoms with Gasteiger partial charge in [0.2, 0.25) is 0 Å². The normalized spacial score (nSPS) is 14.8. The summed E-state index contributed by atoms with van der Waals surface area (Å²) >= 11 is 19.7. The zero-order valence-electron chi connectivity index (χ0n) is 18.2. The third-order valence-electron chi connectivity index (χ3n) is 5.06. The predicted octanol–water partition coefficient (Wildman–Crippen LogP) is 6.02. The van der Waals surface area contributed by atoms with Crippen molar-refractivity contribution in [1.82, 2.24) is 5.32 Å². The number of carbonyl (C=O) groups is 2. The van der Waals surface area contributed by atoms with E-state index in [9.17, 15) is 9.59 Å². The highest BCUT2D eigenvalue weighted by molar-refractivity contribution is 14.1. The molecule has 3 aromatic rings. The Hall–Kier alpha value is -2.66. The first kappa shape index (κ1) is 25.4. The van der Waals surface area contributed by atoms with Crippen LogP contribution in [0, 0.1) is 3.57 Å². The van der Waals surface area contributed by atoms with Gasteiger partial charge in [0.1, 0.15) is 12.2 Å². The highest BCUT2D eigenvalue weighted by Gasteiger charge is 2.34. The molecule has 1 saturated heterocycles. The molecule has 6 nitrogen and oxygen atoms in total. The number of halogens is 3. The first-order valence-corrected chi connectivity index (χ1v) is 12.4. The van der Waals surface area contributed by atoms with E-state index in [1.165, 1.54) is 18.1 Å². The Bertz CT molecular complexity index is 1380. The maximum Gasteiger partial charge on any atom is 0.270 e. The number of anilines is 1. The largest absolute Gasteiger partial charge is 0.493 e. The Morgan fingerprint density at radius 3 is 2.57 bits per heavy atom. The van der Waals surface area contributed by atoms with E-state index in [0.29, 0.717) is 32.8 Å². The number of benzene rings is 3. The molecule has 1 heterocycles. The highest BCUT2D eigenvalue weighted by Crippen LogP contribution is 2.36. The van der Waals surface area contributed by atoms with Crippen molar-refractivity contribution < 1.29 is 19.1 Å². The van der Waals surface area contributed by atoms with Gasteiger partial charge < -0.3 is 9.47 Å². The molecule has 0 saturated carbocycles. The van der Waals surface area contributed by atoms with Crippen LogP contribution in [0.2, 0.25) is 10.0 Å². The van der Waals surface area contributed by atoms with Crippen molar-refractivity contribution in [2.45, 2.75) is 6.61 Å². The minimum absolute atomic E-state index is 0.0186. The molecule has 10 heteroatoms.